The third kappa shape index (κ3) is 4.78. The van der Waals surface area contributed by atoms with Gasteiger partial charge in [-0.05, 0) is 30.9 Å². The third-order valence-electron chi connectivity index (χ3n) is 3.71. The zero-order valence-electron chi connectivity index (χ0n) is 11.6. The van der Waals surface area contributed by atoms with Crippen molar-refractivity contribution in [1.82, 2.24) is 4.90 Å². The van der Waals surface area contributed by atoms with Crippen molar-refractivity contribution in [1.29, 1.82) is 0 Å². The number of carboxylic acids is 1. The van der Waals surface area contributed by atoms with Gasteiger partial charge in [0.05, 0.1) is 6.54 Å². The average molecular weight is 275 g/mol. The van der Waals surface area contributed by atoms with E-state index in [4.69, 9.17) is 5.11 Å². The van der Waals surface area contributed by atoms with Crippen molar-refractivity contribution in [3.05, 3.63) is 35.9 Å². The molecule has 1 atom stereocenters. The van der Waals surface area contributed by atoms with Crippen molar-refractivity contribution in [3.63, 3.8) is 0 Å². The smallest absolute Gasteiger partial charge is 0.303 e. The molecule has 0 aromatic heterocycles. The van der Waals surface area contributed by atoms with E-state index in [1.54, 1.807) is 0 Å². The average Bonchev–Trinajstić information content (AvgIpc) is 2.39. The fourth-order valence-electron chi connectivity index (χ4n) is 2.84. The third-order valence-corrected chi connectivity index (χ3v) is 3.71. The molecule has 1 aromatic rings. The Kier molecular flexibility index (Phi) is 5.30. The molecule has 1 aromatic carbocycles. The number of likely N-dealkylation sites (tertiary alicyclic amines) is 1. The molecule has 2 rings (SSSR count). The van der Waals surface area contributed by atoms with Crippen LogP contribution in [0.5, 0.6) is 0 Å². The topological polar surface area (TPSA) is 57.6 Å². The number of carbonyl (C=O) groups is 2. The lowest BCUT2D eigenvalue weighted by atomic mass is 9.94. The molecule has 0 saturated carbocycles. The molecule has 1 unspecified atom stereocenters. The first-order chi connectivity index (χ1) is 9.63. The van der Waals surface area contributed by atoms with Crippen molar-refractivity contribution in [3.8, 4) is 0 Å². The normalized spacial score (nSPS) is 19.7. The molecular formula is C16H21NO3. The number of hydrogen-bond donors (Lipinski definition) is 1. The molecule has 4 heteroatoms. The summed E-state index contributed by atoms with van der Waals surface area (Å²) in [7, 11) is 0. The number of hydrogen-bond acceptors (Lipinski definition) is 3. The fraction of sp³-hybridized carbons (Fsp3) is 0.500. The van der Waals surface area contributed by atoms with Crippen LogP contribution >= 0.6 is 0 Å². The zero-order chi connectivity index (χ0) is 14.4. The van der Waals surface area contributed by atoms with Gasteiger partial charge in [-0.25, -0.2) is 0 Å². The van der Waals surface area contributed by atoms with Gasteiger partial charge in [-0.3, -0.25) is 14.5 Å². The van der Waals surface area contributed by atoms with E-state index in [1.165, 1.54) is 0 Å². The van der Waals surface area contributed by atoms with E-state index in [9.17, 15) is 9.59 Å². The van der Waals surface area contributed by atoms with Gasteiger partial charge in [-0.2, -0.15) is 0 Å². The van der Waals surface area contributed by atoms with Crippen LogP contribution in [0.1, 0.15) is 24.8 Å². The Morgan fingerprint density at radius 2 is 2.00 bits per heavy atom. The molecule has 1 heterocycles. The second kappa shape index (κ2) is 7.20. The standard InChI is InChI=1S/C16H21NO3/c18-15(9-13-5-2-1-3-6-13)12-17-8-4-7-14(11-17)10-16(19)20/h1-3,5-6,14H,4,7-12H2,(H,19,20). The van der Waals surface area contributed by atoms with Gasteiger partial charge in [0, 0.05) is 19.4 Å². The van der Waals surface area contributed by atoms with Gasteiger partial charge < -0.3 is 5.11 Å². The number of piperidine rings is 1. The Bertz CT molecular complexity index is 458. The quantitative estimate of drug-likeness (QED) is 0.862. The summed E-state index contributed by atoms with van der Waals surface area (Å²) in [5, 5.41) is 8.84. The van der Waals surface area contributed by atoms with Crippen LogP contribution in [-0.4, -0.2) is 41.4 Å². The summed E-state index contributed by atoms with van der Waals surface area (Å²) >= 11 is 0. The number of carbonyl (C=O) groups excluding carboxylic acids is 1. The summed E-state index contributed by atoms with van der Waals surface area (Å²) in [4.78, 5) is 24.9. The lowest BCUT2D eigenvalue weighted by Crippen LogP contribution is -2.39. The maximum Gasteiger partial charge on any atom is 0.303 e. The number of nitrogens with zero attached hydrogens (tertiary/aromatic N) is 1. The van der Waals surface area contributed by atoms with Gasteiger partial charge in [0.2, 0.25) is 0 Å². The number of carboxylic acid groups (broad SMARTS) is 1. The van der Waals surface area contributed by atoms with Crippen LogP contribution in [0, 0.1) is 5.92 Å². The van der Waals surface area contributed by atoms with Crippen molar-refractivity contribution in [2.24, 2.45) is 5.92 Å². The van der Waals surface area contributed by atoms with Gasteiger partial charge in [-0.1, -0.05) is 30.3 Å². The minimum absolute atomic E-state index is 0.186. The first-order valence-electron chi connectivity index (χ1n) is 7.13. The van der Waals surface area contributed by atoms with E-state index >= 15 is 0 Å². The van der Waals surface area contributed by atoms with Gasteiger partial charge >= 0.3 is 5.97 Å². The summed E-state index contributed by atoms with van der Waals surface area (Å²) in [6.45, 7) is 2.06. The van der Waals surface area contributed by atoms with Gasteiger partial charge in [-0.15, -0.1) is 0 Å². The van der Waals surface area contributed by atoms with E-state index in [1.807, 2.05) is 30.3 Å². The van der Waals surface area contributed by atoms with Crippen molar-refractivity contribution in [2.75, 3.05) is 19.6 Å². The predicted molar refractivity (Wildman–Crippen MR) is 76.6 cm³/mol. The van der Waals surface area contributed by atoms with Crippen LogP contribution in [0.25, 0.3) is 0 Å². The molecule has 0 amide bonds. The minimum atomic E-state index is -0.743. The van der Waals surface area contributed by atoms with E-state index < -0.39 is 5.97 Å². The highest BCUT2D eigenvalue weighted by atomic mass is 16.4. The SMILES string of the molecule is O=C(O)CC1CCCN(CC(=O)Cc2ccccc2)C1. The molecule has 1 saturated heterocycles. The summed E-state index contributed by atoms with van der Waals surface area (Å²) in [6.07, 6.45) is 2.61. The largest absolute Gasteiger partial charge is 0.481 e. The predicted octanol–water partition coefficient (Wildman–Crippen LogP) is 1.98. The summed E-state index contributed by atoms with van der Waals surface area (Å²) in [5.74, 6) is -0.356. The number of Topliss-reactive ketones (excluding diaryl/α,β-unsaturated/α-hetero) is 1. The zero-order valence-corrected chi connectivity index (χ0v) is 11.6. The van der Waals surface area contributed by atoms with Crippen LogP contribution in [0.4, 0.5) is 0 Å². The molecule has 0 bridgehead atoms. The Hall–Kier alpha value is -1.68. The van der Waals surface area contributed by atoms with E-state index in [0.717, 1.165) is 31.5 Å². The Labute approximate surface area is 119 Å². The van der Waals surface area contributed by atoms with Gasteiger partial charge in [0.1, 0.15) is 0 Å². The molecule has 0 radical (unpaired) electrons. The number of rotatable bonds is 6. The van der Waals surface area contributed by atoms with Crippen LogP contribution in [0.2, 0.25) is 0 Å². The summed E-state index contributed by atoms with van der Waals surface area (Å²) < 4.78 is 0. The van der Waals surface area contributed by atoms with Crippen molar-refractivity contribution in [2.45, 2.75) is 25.7 Å². The maximum atomic E-state index is 12.1. The second-order valence-electron chi connectivity index (χ2n) is 5.54. The maximum absolute atomic E-state index is 12.1. The lowest BCUT2D eigenvalue weighted by molar-refractivity contribution is -0.138. The highest BCUT2D eigenvalue weighted by Gasteiger charge is 2.23. The Balaban J connectivity index is 1.80. The van der Waals surface area contributed by atoms with Crippen molar-refractivity contribution >= 4 is 11.8 Å². The minimum Gasteiger partial charge on any atom is -0.481 e. The molecule has 0 aliphatic carbocycles. The highest BCUT2D eigenvalue weighted by Crippen LogP contribution is 2.19. The Morgan fingerprint density at radius 3 is 2.70 bits per heavy atom. The molecule has 4 nitrogen and oxygen atoms in total. The van der Waals surface area contributed by atoms with Crippen LogP contribution < -0.4 is 0 Å². The fourth-order valence-corrected chi connectivity index (χ4v) is 2.84. The van der Waals surface area contributed by atoms with E-state index in [2.05, 4.69) is 4.90 Å². The van der Waals surface area contributed by atoms with Gasteiger partial charge in [0.15, 0.2) is 5.78 Å². The van der Waals surface area contributed by atoms with Crippen LogP contribution in [0.3, 0.4) is 0 Å². The molecule has 1 aliphatic rings. The molecule has 108 valence electrons. The Morgan fingerprint density at radius 1 is 1.25 bits per heavy atom. The molecule has 1 N–H and O–H groups in total. The number of ketones is 1. The summed E-state index contributed by atoms with van der Waals surface area (Å²) in [5.41, 5.74) is 1.04. The summed E-state index contributed by atoms with van der Waals surface area (Å²) in [6, 6.07) is 9.73. The number of aliphatic carboxylic acids is 1. The van der Waals surface area contributed by atoms with Crippen molar-refractivity contribution < 1.29 is 14.7 Å². The highest BCUT2D eigenvalue weighted by molar-refractivity contribution is 5.82. The second-order valence-corrected chi connectivity index (χ2v) is 5.54. The molecule has 1 fully saturated rings. The first kappa shape index (κ1) is 14.7. The molecule has 1 aliphatic heterocycles. The lowest BCUT2D eigenvalue weighted by Gasteiger charge is -2.31. The van der Waals surface area contributed by atoms with Crippen LogP contribution in [-0.2, 0) is 16.0 Å². The molecule has 20 heavy (non-hydrogen) atoms. The molecular weight excluding hydrogens is 254 g/mol. The first-order valence-corrected chi connectivity index (χ1v) is 7.13. The molecule has 0 spiro atoms. The number of benzene rings is 1. The van der Waals surface area contributed by atoms with Crippen LogP contribution in [0.15, 0.2) is 30.3 Å². The van der Waals surface area contributed by atoms with E-state index in [0.29, 0.717) is 13.0 Å². The van der Waals surface area contributed by atoms with E-state index in [-0.39, 0.29) is 18.1 Å². The van der Waals surface area contributed by atoms with Gasteiger partial charge in [0.25, 0.3) is 0 Å². The monoisotopic (exact) mass is 275 g/mol.